The van der Waals surface area contributed by atoms with E-state index < -0.39 is 0 Å². The van der Waals surface area contributed by atoms with Gasteiger partial charge in [-0.2, -0.15) is 0 Å². The smallest absolute Gasteiger partial charge is 0.0243 e. The van der Waals surface area contributed by atoms with Gasteiger partial charge in [0.1, 0.15) is 0 Å². The Hall–Kier alpha value is 0.690. The number of hydrogen-bond acceptors (Lipinski definition) is 1. The van der Waals surface area contributed by atoms with Gasteiger partial charge in [0.15, 0.2) is 0 Å². The van der Waals surface area contributed by atoms with Crippen LogP contribution in [-0.4, -0.2) is 16.5 Å². The van der Waals surface area contributed by atoms with Crippen LogP contribution < -0.4 is 5.32 Å². The van der Waals surface area contributed by atoms with Crippen LogP contribution in [0.1, 0.15) is 20.3 Å². The molecule has 0 aromatic rings. The van der Waals surface area contributed by atoms with Crippen LogP contribution in [0.2, 0.25) is 0 Å². The molecule has 2 heteroatoms. The summed E-state index contributed by atoms with van der Waals surface area (Å²) in [6.07, 6.45) is 1.31. The molecule has 1 heterocycles. The molecule has 0 aromatic carbocycles. The molecule has 9 heavy (non-hydrogen) atoms. The van der Waals surface area contributed by atoms with Crippen LogP contribution in [0.15, 0.2) is 0 Å². The highest BCUT2D eigenvalue weighted by molar-refractivity contribution is 14.1. The second kappa shape index (κ2) is 2.74. The van der Waals surface area contributed by atoms with Gasteiger partial charge in [-0.3, -0.25) is 0 Å². The molecule has 1 saturated heterocycles. The summed E-state index contributed by atoms with van der Waals surface area (Å²) in [5, 5.41) is 3.39. The highest BCUT2D eigenvalue weighted by atomic mass is 127. The Kier molecular flexibility index (Phi) is 2.37. The quantitative estimate of drug-likeness (QED) is 0.502. The largest absolute Gasteiger partial charge is 0.316 e. The maximum Gasteiger partial charge on any atom is 0.0243 e. The molecule has 1 fully saturated rings. The minimum absolute atomic E-state index is 0.545. The van der Waals surface area contributed by atoms with Gasteiger partial charge in [-0.1, -0.05) is 36.4 Å². The Labute approximate surface area is 70.7 Å². The third-order valence-corrected chi connectivity index (χ3v) is 3.87. The van der Waals surface area contributed by atoms with E-state index in [1.54, 1.807) is 0 Å². The van der Waals surface area contributed by atoms with Crippen molar-refractivity contribution in [3.05, 3.63) is 0 Å². The van der Waals surface area contributed by atoms with Gasteiger partial charge in [0, 0.05) is 3.42 Å². The van der Waals surface area contributed by atoms with Crippen molar-refractivity contribution >= 4 is 22.6 Å². The zero-order chi connectivity index (χ0) is 6.91. The molecule has 0 unspecified atom stereocenters. The second-order valence-corrected chi connectivity index (χ2v) is 5.60. The van der Waals surface area contributed by atoms with E-state index in [9.17, 15) is 0 Å². The third-order valence-electron chi connectivity index (χ3n) is 2.27. The van der Waals surface area contributed by atoms with Gasteiger partial charge >= 0.3 is 0 Å². The first-order chi connectivity index (χ1) is 4.13. The summed E-state index contributed by atoms with van der Waals surface area (Å²) in [6.45, 7) is 7.06. The number of halogens is 1. The zero-order valence-corrected chi connectivity index (χ0v) is 8.23. The molecule has 2 atom stereocenters. The summed E-state index contributed by atoms with van der Waals surface area (Å²) in [4.78, 5) is 0. The summed E-state index contributed by atoms with van der Waals surface area (Å²) in [6, 6.07) is 0. The van der Waals surface area contributed by atoms with Crippen molar-refractivity contribution < 1.29 is 0 Å². The van der Waals surface area contributed by atoms with Crippen LogP contribution >= 0.6 is 22.6 Å². The van der Waals surface area contributed by atoms with E-state index in [1.165, 1.54) is 19.5 Å². The number of hydrogen-bond donors (Lipinski definition) is 1. The third kappa shape index (κ3) is 1.80. The molecule has 1 aliphatic heterocycles. The molecule has 0 saturated carbocycles. The van der Waals surface area contributed by atoms with Crippen molar-refractivity contribution in [1.29, 1.82) is 0 Å². The summed E-state index contributed by atoms with van der Waals surface area (Å²) in [7, 11) is 0. The first-order valence-electron chi connectivity index (χ1n) is 3.52. The minimum atomic E-state index is 0.545. The van der Waals surface area contributed by atoms with Gasteiger partial charge in [0.05, 0.1) is 0 Å². The highest BCUT2D eigenvalue weighted by Gasteiger charge is 2.29. The standard InChI is InChI=1S/C7H14IN/c1-6-5-9-4-3-7(6,2)8/h6,9H,3-5H2,1-2H3/t6-,7-/m0/s1. The fraction of sp³-hybridized carbons (Fsp3) is 1.00. The number of alkyl halides is 1. The van der Waals surface area contributed by atoms with Crippen LogP contribution in [0.5, 0.6) is 0 Å². The van der Waals surface area contributed by atoms with Crippen molar-refractivity contribution in [3.8, 4) is 0 Å². The number of nitrogens with one attached hydrogen (secondary N) is 1. The molecule has 0 aromatic heterocycles. The van der Waals surface area contributed by atoms with Crippen molar-refractivity contribution in [2.45, 2.75) is 23.7 Å². The molecule has 0 spiro atoms. The Balaban J connectivity index is 2.49. The SMILES string of the molecule is C[C@H]1CNCC[C@]1(C)I. The normalized spacial score (nSPS) is 45.0. The Morgan fingerprint density at radius 1 is 1.67 bits per heavy atom. The van der Waals surface area contributed by atoms with E-state index in [-0.39, 0.29) is 0 Å². The Morgan fingerprint density at radius 2 is 2.33 bits per heavy atom. The van der Waals surface area contributed by atoms with Crippen LogP contribution in [0.25, 0.3) is 0 Å². The summed E-state index contributed by atoms with van der Waals surface area (Å²) >= 11 is 2.58. The molecular formula is C7H14IN. The fourth-order valence-corrected chi connectivity index (χ4v) is 1.60. The topological polar surface area (TPSA) is 12.0 Å². The van der Waals surface area contributed by atoms with Crippen LogP contribution in [-0.2, 0) is 0 Å². The fourth-order valence-electron chi connectivity index (χ4n) is 1.11. The Bertz CT molecular complexity index is 101. The number of piperidine rings is 1. The van der Waals surface area contributed by atoms with E-state index in [0.29, 0.717) is 3.42 Å². The molecule has 54 valence electrons. The molecule has 1 rings (SSSR count). The average Bonchev–Trinajstić information content (AvgIpc) is 1.77. The van der Waals surface area contributed by atoms with Crippen molar-refractivity contribution in [2.75, 3.05) is 13.1 Å². The maximum atomic E-state index is 3.39. The number of rotatable bonds is 0. The summed E-state index contributed by atoms with van der Waals surface area (Å²) in [5.41, 5.74) is 0. The lowest BCUT2D eigenvalue weighted by Gasteiger charge is -2.34. The van der Waals surface area contributed by atoms with Crippen molar-refractivity contribution in [1.82, 2.24) is 5.32 Å². The molecule has 1 aliphatic rings. The monoisotopic (exact) mass is 239 g/mol. The molecule has 0 aliphatic carbocycles. The first-order valence-corrected chi connectivity index (χ1v) is 4.60. The van der Waals surface area contributed by atoms with Crippen LogP contribution in [0.4, 0.5) is 0 Å². The van der Waals surface area contributed by atoms with Gasteiger partial charge in [0.2, 0.25) is 0 Å². The lowest BCUT2D eigenvalue weighted by Crippen LogP contribution is -2.42. The molecule has 1 nitrogen and oxygen atoms in total. The molecule has 0 radical (unpaired) electrons. The lowest BCUT2D eigenvalue weighted by atomic mass is 9.90. The second-order valence-electron chi connectivity index (χ2n) is 3.13. The van der Waals surface area contributed by atoms with E-state index in [0.717, 1.165) is 5.92 Å². The lowest BCUT2D eigenvalue weighted by molar-refractivity contribution is 0.346. The minimum Gasteiger partial charge on any atom is -0.316 e. The van der Waals surface area contributed by atoms with E-state index >= 15 is 0 Å². The van der Waals surface area contributed by atoms with Gasteiger partial charge < -0.3 is 5.32 Å². The van der Waals surface area contributed by atoms with E-state index in [2.05, 4.69) is 41.8 Å². The summed E-state index contributed by atoms with van der Waals surface area (Å²) in [5.74, 6) is 0.826. The predicted octanol–water partition coefficient (Wildman–Crippen LogP) is 1.81. The van der Waals surface area contributed by atoms with Gasteiger partial charge in [-0.05, 0) is 25.4 Å². The molecule has 0 amide bonds. The average molecular weight is 239 g/mol. The molecule has 1 N–H and O–H groups in total. The van der Waals surface area contributed by atoms with Crippen LogP contribution in [0.3, 0.4) is 0 Å². The van der Waals surface area contributed by atoms with E-state index in [4.69, 9.17) is 0 Å². The van der Waals surface area contributed by atoms with Crippen LogP contribution in [0, 0.1) is 5.92 Å². The molecule has 0 bridgehead atoms. The van der Waals surface area contributed by atoms with Crippen molar-refractivity contribution in [3.63, 3.8) is 0 Å². The highest BCUT2D eigenvalue weighted by Crippen LogP contribution is 2.32. The van der Waals surface area contributed by atoms with E-state index in [1.807, 2.05) is 0 Å². The van der Waals surface area contributed by atoms with Crippen molar-refractivity contribution in [2.24, 2.45) is 5.92 Å². The maximum absolute atomic E-state index is 3.39. The molecular weight excluding hydrogens is 225 g/mol. The Morgan fingerprint density at radius 3 is 2.67 bits per heavy atom. The van der Waals surface area contributed by atoms with Gasteiger partial charge in [-0.25, -0.2) is 0 Å². The van der Waals surface area contributed by atoms with Gasteiger partial charge in [0.25, 0.3) is 0 Å². The first kappa shape index (κ1) is 7.79. The summed E-state index contributed by atoms with van der Waals surface area (Å²) < 4.78 is 0.545. The predicted molar refractivity (Wildman–Crippen MR) is 49.1 cm³/mol. The zero-order valence-electron chi connectivity index (χ0n) is 6.08. The van der Waals surface area contributed by atoms with Gasteiger partial charge in [-0.15, -0.1) is 0 Å².